The van der Waals surface area contributed by atoms with Gasteiger partial charge in [-0.1, -0.05) is 0 Å². The predicted octanol–water partition coefficient (Wildman–Crippen LogP) is 2.52. The summed E-state index contributed by atoms with van der Waals surface area (Å²) < 4.78 is 18.1. The molecule has 1 aromatic rings. The SMILES string of the molecule is CC(C)Oc1cc([N+](=O)[O-])ccc1F. The number of nitrogens with zero attached hydrogens (tertiary/aromatic N) is 1. The molecule has 0 saturated heterocycles. The van der Waals surface area contributed by atoms with E-state index in [1.165, 1.54) is 0 Å². The molecule has 0 unspecified atom stereocenters. The zero-order chi connectivity index (χ0) is 10.7. The van der Waals surface area contributed by atoms with Crippen LogP contribution < -0.4 is 4.74 Å². The molecule has 5 heteroatoms. The minimum atomic E-state index is -0.593. The fourth-order valence-corrected chi connectivity index (χ4v) is 0.950. The number of nitro groups is 1. The monoisotopic (exact) mass is 199 g/mol. The highest BCUT2D eigenvalue weighted by molar-refractivity contribution is 5.39. The first-order valence-corrected chi connectivity index (χ1v) is 4.11. The minimum absolute atomic E-state index is 0.0887. The summed E-state index contributed by atoms with van der Waals surface area (Å²) in [4.78, 5) is 9.79. The van der Waals surface area contributed by atoms with Gasteiger partial charge in [0.2, 0.25) is 0 Å². The number of non-ortho nitro benzene ring substituents is 1. The fourth-order valence-electron chi connectivity index (χ4n) is 0.950. The quantitative estimate of drug-likeness (QED) is 0.555. The lowest BCUT2D eigenvalue weighted by Crippen LogP contribution is -2.07. The summed E-state index contributed by atoms with van der Waals surface area (Å²) >= 11 is 0. The smallest absolute Gasteiger partial charge is 0.273 e. The fraction of sp³-hybridized carbons (Fsp3) is 0.333. The average Bonchev–Trinajstić information content (AvgIpc) is 2.07. The second kappa shape index (κ2) is 4.04. The van der Waals surface area contributed by atoms with Gasteiger partial charge in [0.1, 0.15) is 0 Å². The van der Waals surface area contributed by atoms with Crippen molar-refractivity contribution in [1.29, 1.82) is 0 Å². The van der Waals surface area contributed by atoms with Gasteiger partial charge in [-0.05, 0) is 19.9 Å². The maximum atomic E-state index is 13.0. The van der Waals surface area contributed by atoms with Gasteiger partial charge >= 0.3 is 0 Å². The molecule has 1 rings (SSSR count). The molecule has 0 fully saturated rings. The highest BCUT2D eigenvalue weighted by Gasteiger charge is 2.12. The molecule has 0 aromatic heterocycles. The number of nitro benzene ring substituents is 1. The van der Waals surface area contributed by atoms with Crippen LogP contribution in [0.1, 0.15) is 13.8 Å². The van der Waals surface area contributed by atoms with Crippen molar-refractivity contribution in [3.63, 3.8) is 0 Å². The Bertz CT molecular complexity index is 352. The van der Waals surface area contributed by atoms with Gasteiger partial charge in [-0.3, -0.25) is 10.1 Å². The summed E-state index contributed by atoms with van der Waals surface area (Å²) in [5.74, 6) is -0.682. The number of ether oxygens (including phenoxy) is 1. The average molecular weight is 199 g/mol. The van der Waals surface area contributed by atoms with E-state index in [1.807, 2.05) is 0 Å². The largest absolute Gasteiger partial charge is 0.488 e. The summed E-state index contributed by atoms with van der Waals surface area (Å²) in [5.41, 5.74) is -0.179. The van der Waals surface area contributed by atoms with E-state index in [1.54, 1.807) is 13.8 Å². The summed E-state index contributed by atoms with van der Waals surface area (Å²) in [6.07, 6.45) is -0.216. The number of hydrogen-bond donors (Lipinski definition) is 0. The van der Waals surface area contributed by atoms with Crippen LogP contribution in [0.3, 0.4) is 0 Å². The minimum Gasteiger partial charge on any atom is -0.488 e. The molecule has 0 amide bonds. The molecule has 76 valence electrons. The van der Waals surface area contributed by atoms with E-state index in [0.29, 0.717) is 0 Å². The van der Waals surface area contributed by atoms with Crippen LogP contribution in [-0.4, -0.2) is 11.0 Å². The van der Waals surface area contributed by atoms with Crippen molar-refractivity contribution < 1.29 is 14.1 Å². The second-order valence-electron chi connectivity index (χ2n) is 3.04. The first-order valence-electron chi connectivity index (χ1n) is 4.11. The van der Waals surface area contributed by atoms with Crippen molar-refractivity contribution in [3.8, 4) is 5.75 Å². The lowest BCUT2D eigenvalue weighted by molar-refractivity contribution is -0.385. The normalized spacial score (nSPS) is 10.3. The zero-order valence-electron chi connectivity index (χ0n) is 7.86. The lowest BCUT2D eigenvalue weighted by atomic mass is 10.3. The van der Waals surface area contributed by atoms with Gasteiger partial charge in [0, 0.05) is 6.07 Å². The van der Waals surface area contributed by atoms with Gasteiger partial charge in [0.15, 0.2) is 11.6 Å². The highest BCUT2D eigenvalue weighted by atomic mass is 19.1. The van der Waals surface area contributed by atoms with Crippen molar-refractivity contribution in [2.24, 2.45) is 0 Å². The van der Waals surface area contributed by atoms with Gasteiger partial charge in [0.05, 0.1) is 17.1 Å². The van der Waals surface area contributed by atoms with Gasteiger partial charge in [0.25, 0.3) is 5.69 Å². The van der Waals surface area contributed by atoms with E-state index in [-0.39, 0.29) is 17.5 Å². The number of halogens is 1. The van der Waals surface area contributed by atoms with Crippen LogP contribution in [0.2, 0.25) is 0 Å². The Morgan fingerprint density at radius 3 is 2.64 bits per heavy atom. The van der Waals surface area contributed by atoms with Crippen molar-refractivity contribution in [3.05, 3.63) is 34.1 Å². The number of benzene rings is 1. The van der Waals surface area contributed by atoms with E-state index in [9.17, 15) is 14.5 Å². The number of rotatable bonds is 3. The Morgan fingerprint density at radius 2 is 2.14 bits per heavy atom. The molecular weight excluding hydrogens is 189 g/mol. The molecule has 4 nitrogen and oxygen atoms in total. The number of hydrogen-bond acceptors (Lipinski definition) is 3. The van der Waals surface area contributed by atoms with Crippen LogP contribution in [0.15, 0.2) is 18.2 Å². The Morgan fingerprint density at radius 1 is 1.50 bits per heavy atom. The van der Waals surface area contributed by atoms with Crippen molar-refractivity contribution in [2.75, 3.05) is 0 Å². The first kappa shape index (κ1) is 10.4. The van der Waals surface area contributed by atoms with Crippen molar-refractivity contribution in [1.82, 2.24) is 0 Å². The molecule has 0 radical (unpaired) electrons. The van der Waals surface area contributed by atoms with Gasteiger partial charge in [-0.2, -0.15) is 0 Å². The Labute approximate surface area is 80.5 Å². The third kappa shape index (κ3) is 2.42. The highest BCUT2D eigenvalue weighted by Crippen LogP contribution is 2.24. The van der Waals surface area contributed by atoms with E-state index >= 15 is 0 Å². The summed E-state index contributed by atoms with van der Waals surface area (Å²) in [6, 6.07) is 3.20. The predicted molar refractivity (Wildman–Crippen MR) is 48.8 cm³/mol. The molecule has 0 aliphatic heterocycles. The Balaban J connectivity index is 3.02. The van der Waals surface area contributed by atoms with Crippen molar-refractivity contribution >= 4 is 5.69 Å². The second-order valence-corrected chi connectivity index (χ2v) is 3.04. The standard InChI is InChI=1S/C9H10FNO3/c1-6(2)14-9-5-7(11(12)13)3-4-8(9)10/h3-6H,1-2H3. The molecular formula is C9H10FNO3. The van der Waals surface area contributed by atoms with Crippen LogP contribution in [0, 0.1) is 15.9 Å². The molecule has 0 bridgehead atoms. The van der Waals surface area contributed by atoms with E-state index < -0.39 is 10.7 Å². The van der Waals surface area contributed by atoms with Crippen LogP contribution in [-0.2, 0) is 0 Å². The maximum Gasteiger partial charge on any atom is 0.273 e. The first-order chi connectivity index (χ1) is 6.50. The van der Waals surface area contributed by atoms with Crippen LogP contribution >= 0.6 is 0 Å². The zero-order valence-corrected chi connectivity index (χ0v) is 7.86. The molecule has 1 aromatic carbocycles. The molecule has 0 atom stereocenters. The molecule has 0 saturated carbocycles. The van der Waals surface area contributed by atoms with Crippen LogP contribution in [0.25, 0.3) is 0 Å². The van der Waals surface area contributed by atoms with Crippen LogP contribution in [0.5, 0.6) is 5.75 Å². The summed E-state index contributed by atoms with van der Waals surface area (Å²) in [7, 11) is 0. The maximum absolute atomic E-state index is 13.0. The van der Waals surface area contributed by atoms with Gasteiger partial charge in [-0.15, -0.1) is 0 Å². The lowest BCUT2D eigenvalue weighted by Gasteiger charge is -2.09. The van der Waals surface area contributed by atoms with Crippen LogP contribution in [0.4, 0.5) is 10.1 Å². The van der Waals surface area contributed by atoms with E-state index in [0.717, 1.165) is 18.2 Å². The van der Waals surface area contributed by atoms with Gasteiger partial charge < -0.3 is 4.74 Å². The summed E-state index contributed by atoms with van der Waals surface area (Å²) in [5, 5.41) is 10.4. The third-order valence-electron chi connectivity index (χ3n) is 1.49. The molecule has 0 N–H and O–H groups in total. The molecule has 0 aliphatic rings. The van der Waals surface area contributed by atoms with Crippen molar-refractivity contribution in [2.45, 2.75) is 20.0 Å². The Kier molecular flexibility index (Phi) is 3.01. The molecule has 0 spiro atoms. The topological polar surface area (TPSA) is 52.4 Å². The third-order valence-corrected chi connectivity index (χ3v) is 1.49. The molecule has 0 heterocycles. The molecule has 0 aliphatic carbocycles. The van der Waals surface area contributed by atoms with E-state index in [2.05, 4.69) is 0 Å². The Hall–Kier alpha value is -1.65. The van der Waals surface area contributed by atoms with E-state index in [4.69, 9.17) is 4.74 Å². The molecule has 14 heavy (non-hydrogen) atoms. The summed E-state index contributed by atoms with van der Waals surface area (Å²) in [6.45, 7) is 3.44. The van der Waals surface area contributed by atoms with Gasteiger partial charge in [-0.25, -0.2) is 4.39 Å².